The predicted molar refractivity (Wildman–Crippen MR) is 143 cm³/mol. The van der Waals surface area contributed by atoms with E-state index in [9.17, 15) is 27.6 Å². The summed E-state index contributed by atoms with van der Waals surface area (Å²) in [5, 5.41) is 2.88. The molecule has 9 heteroatoms. The van der Waals surface area contributed by atoms with E-state index >= 15 is 0 Å². The SMILES string of the molecule is CCOC(=O)C1=C(C)N(Cc2cccc(C(=O)NCc3ccccc3)c2)C(=O)CC1c1ccc(C(F)(F)F)cc1. The monoisotopic (exact) mass is 550 g/mol. The van der Waals surface area contributed by atoms with Crippen molar-refractivity contribution in [3.8, 4) is 0 Å². The highest BCUT2D eigenvalue weighted by molar-refractivity contribution is 5.96. The zero-order valence-corrected chi connectivity index (χ0v) is 22.1. The summed E-state index contributed by atoms with van der Waals surface area (Å²) in [5.74, 6) is -1.94. The van der Waals surface area contributed by atoms with Crippen LogP contribution in [0.3, 0.4) is 0 Å². The number of hydrogen-bond acceptors (Lipinski definition) is 4. The second-order valence-corrected chi connectivity index (χ2v) is 9.44. The second kappa shape index (κ2) is 12.2. The molecule has 0 saturated heterocycles. The van der Waals surface area contributed by atoms with Gasteiger partial charge >= 0.3 is 12.1 Å². The number of halogens is 3. The molecule has 40 heavy (non-hydrogen) atoms. The number of benzene rings is 3. The summed E-state index contributed by atoms with van der Waals surface area (Å²) in [7, 11) is 0. The number of hydrogen-bond donors (Lipinski definition) is 1. The molecule has 1 N–H and O–H groups in total. The summed E-state index contributed by atoms with van der Waals surface area (Å²) < 4.78 is 44.5. The van der Waals surface area contributed by atoms with Crippen molar-refractivity contribution in [1.82, 2.24) is 10.2 Å². The van der Waals surface area contributed by atoms with Gasteiger partial charge in [0, 0.05) is 30.1 Å². The Labute approximate surface area is 230 Å². The first-order valence-electron chi connectivity index (χ1n) is 12.8. The first kappa shape index (κ1) is 28.6. The molecule has 0 aliphatic carbocycles. The molecule has 2 amide bonds. The van der Waals surface area contributed by atoms with E-state index in [4.69, 9.17) is 4.74 Å². The van der Waals surface area contributed by atoms with Gasteiger partial charge in [0.1, 0.15) is 0 Å². The molecule has 208 valence electrons. The molecule has 3 aromatic rings. The van der Waals surface area contributed by atoms with Gasteiger partial charge < -0.3 is 15.0 Å². The van der Waals surface area contributed by atoms with E-state index in [1.165, 1.54) is 17.0 Å². The van der Waals surface area contributed by atoms with E-state index in [1.807, 2.05) is 30.3 Å². The van der Waals surface area contributed by atoms with Gasteiger partial charge in [-0.1, -0.05) is 54.6 Å². The lowest BCUT2D eigenvalue weighted by Crippen LogP contribution is -2.38. The maximum atomic E-state index is 13.3. The molecular formula is C31H29F3N2O4. The molecule has 3 aromatic carbocycles. The average molecular weight is 551 g/mol. The molecule has 1 aliphatic heterocycles. The van der Waals surface area contributed by atoms with Gasteiger partial charge in [0.05, 0.1) is 24.3 Å². The van der Waals surface area contributed by atoms with Crippen molar-refractivity contribution in [1.29, 1.82) is 0 Å². The third-order valence-corrected chi connectivity index (χ3v) is 6.78. The highest BCUT2D eigenvalue weighted by Gasteiger charge is 2.37. The lowest BCUT2D eigenvalue weighted by atomic mass is 9.83. The van der Waals surface area contributed by atoms with Gasteiger partial charge in [0.2, 0.25) is 5.91 Å². The zero-order chi connectivity index (χ0) is 28.9. The van der Waals surface area contributed by atoms with Crippen molar-refractivity contribution in [2.24, 2.45) is 0 Å². The van der Waals surface area contributed by atoms with Crippen molar-refractivity contribution in [2.45, 2.75) is 45.5 Å². The van der Waals surface area contributed by atoms with Gasteiger partial charge in [-0.05, 0) is 54.8 Å². The fourth-order valence-corrected chi connectivity index (χ4v) is 4.74. The Morgan fingerprint density at radius 1 is 0.975 bits per heavy atom. The maximum Gasteiger partial charge on any atom is 0.416 e. The molecule has 0 fully saturated rings. The predicted octanol–water partition coefficient (Wildman–Crippen LogP) is 5.99. The molecule has 1 atom stereocenters. The van der Waals surface area contributed by atoms with Gasteiger partial charge in [0.25, 0.3) is 5.91 Å². The van der Waals surface area contributed by atoms with Gasteiger partial charge in [-0.2, -0.15) is 13.2 Å². The molecule has 6 nitrogen and oxygen atoms in total. The maximum absolute atomic E-state index is 13.3. The van der Waals surface area contributed by atoms with E-state index < -0.39 is 23.6 Å². The van der Waals surface area contributed by atoms with E-state index in [1.54, 1.807) is 38.1 Å². The highest BCUT2D eigenvalue weighted by Crippen LogP contribution is 2.39. The first-order valence-corrected chi connectivity index (χ1v) is 12.8. The third kappa shape index (κ3) is 6.59. The van der Waals surface area contributed by atoms with Crippen LogP contribution < -0.4 is 5.32 Å². The van der Waals surface area contributed by atoms with E-state index in [2.05, 4.69) is 5.32 Å². The standard InChI is InChI=1S/C31H29F3N2O4/c1-3-40-30(39)28-20(2)36(27(37)17-26(28)23-12-14-25(15-13-23)31(32,33)34)19-22-10-7-11-24(16-22)29(38)35-18-21-8-5-4-6-9-21/h4-16,26H,3,17-19H2,1-2H3,(H,35,38). The fraction of sp³-hybridized carbons (Fsp3) is 0.258. The molecule has 1 aliphatic rings. The molecule has 1 unspecified atom stereocenters. The summed E-state index contributed by atoms with van der Waals surface area (Å²) >= 11 is 0. The number of allylic oxidation sites excluding steroid dienone is 1. The van der Waals surface area contributed by atoms with Crippen LogP contribution in [0.25, 0.3) is 0 Å². The second-order valence-electron chi connectivity index (χ2n) is 9.44. The van der Waals surface area contributed by atoms with Crippen molar-refractivity contribution in [3.05, 3.63) is 118 Å². The smallest absolute Gasteiger partial charge is 0.416 e. The number of nitrogens with zero attached hydrogens (tertiary/aromatic N) is 1. The van der Waals surface area contributed by atoms with E-state index in [0.717, 1.165) is 17.7 Å². The van der Waals surface area contributed by atoms with Crippen molar-refractivity contribution in [3.63, 3.8) is 0 Å². The fourth-order valence-electron chi connectivity index (χ4n) is 4.74. The third-order valence-electron chi connectivity index (χ3n) is 6.78. The summed E-state index contributed by atoms with van der Waals surface area (Å²) in [5.41, 5.74) is 2.24. The van der Waals surface area contributed by atoms with Crippen molar-refractivity contribution >= 4 is 17.8 Å². The Kier molecular flexibility index (Phi) is 8.72. The number of carbonyl (C=O) groups excluding carboxylic acids is 3. The van der Waals surface area contributed by atoms with Crippen molar-refractivity contribution < 1.29 is 32.3 Å². The summed E-state index contributed by atoms with van der Waals surface area (Å²) in [4.78, 5) is 40.5. The minimum Gasteiger partial charge on any atom is -0.463 e. The van der Waals surface area contributed by atoms with Crippen LogP contribution in [-0.4, -0.2) is 29.3 Å². The Hall–Kier alpha value is -4.40. The van der Waals surface area contributed by atoms with E-state index in [0.29, 0.717) is 28.9 Å². The Morgan fingerprint density at radius 2 is 1.65 bits per heavy atom. The van der Waals surface area contributed by atoms with Crippen molar-refractivity contribution in [2.75, 3.05) is 6.61 Å². The summed E-state index contributed by atoms with van der Waals surface area (Å²) in [6.45, 7) is 3.85. The Bertz CT molecular complexity index is 1420. The number of carbonyl (C=O) groups is 3. The van der Waals surface area contributed by atoms with Crippen LogP contribution >= 0.6 is 0 Å². The molecule has 0 spiro atoms. The minimum absolute atomic E-state index is 0.101. The minimum atomic E-state index is -4.50. The van der Waals surface area contributed by atoms with Gasteiger partial charge in [-0.3, -0.25) is 9.59 Å². The van der Waals surface area contributed by atoms with Crippen LogP contribution in [0, 0.1) is 0 Å². The normalized spacial score (nSPS) is 15.7. The molecule has 1 heterocycles. The molecular weight excluding hydrogens is 521 g/mol. The number of ether oxygens (including phenoxy) is 1. The Morgan fingerprint density at radius 3 is 2.30 bits per heavy atom. The molecule has 0 aromatic heterocycles. The lowest BCUT2D eigenvalue weighted by Gasteiger charge is -2.34. The molecule has 0 saturated carbocycles. The van der Waals surface area contributed by atoms with E-state index in [-0.39, 0.29) is 37.0 Å². The molecule has 4 rings (SSSR count). The molecule has 0 bridgehead atoms. The van der Waals surface area contributed by atoms with Crippen LogP contribution in [-0.2, 0) is 33.6 Å². The number of nitrogens with one attached hydrogen (secondary N) is 1. The van der Waals surface area contributed by atoms with Gasteiger partial charge in [-0.25, -0.2) is 4.79 Å². The first-order chi connectivity index (χ1) is 19.1. The largest absolute Gasteiger partial charge is 0.463 e. The summed E-state index contributed by atoms with van der Waals surface area (Å²) in [6.07, 6.45) is -4.62. The van der Waals surface area contributed by atoms with Crippen LogP contribution in [0.2, 0.25) is 0 Å². The van der Waals surface area contributed by atoms with Gasteiger partial charge in [-0.15, -0.1) is 0 Å². The topological polar surface area (TPSA) is 75.7 Å². The van der Waals surface area contributed by atoms with Crippen LogP contribution in [0.5, 0.6) is 0 Å². The number of rotatable bonds is 8. The average Bonchev–Trinajstić information content (AvgIpc) is 2.94. The quantitative estimate of drug-likeness (QED) is 0.350. The van der Waals surface area contributed by atoms with Gasteiger partial charge in [0.15, 0.2) is 0 Å². The molecule has 0 radical (unpaired) electrons. The lowest BCUT2D eigenvalue weighted by molar-refractivity contribution is -0.140. The van der Waals surface area contributed by atoms with Crippen LogP contribution in [0.1, 0.15) is 58.8 Å². The Balaban J connectivity index is 1.58. The van der Waals surface area contributed by atoms with Crippen LogP contribution in [0.15, 0.2) is 90.1 Å². The van der Waals surface area contributed by atoms with Crippen LogP contribution in [0.4, 0.5) is 13.2 Å². The number of alkyl halides is 3. The zero-order valence-electron chi connectivity index (χ0n) is 22.1. The number of amides is 2. The summed E-state index contributed by atoms with van der Waals surface area (Å²) in [6, 6.07) is 20.8. The highest BCUT2D eigenvalue weighted by atomic mass is 19.4. The number of esters is 1.